The maximum absolute atomic E-state index is 6.25. The molecule has 2 atom stereocenters. The lowest BCUT2D eigenvalue weighted by atomic mass is 9.96. The van der Waals surface area contributed by atoms with Gasteiger partial charge in [0.05, 0.1) is 11.7 Å². The van der Waals surface area contributed by atoms with Gasteiger partial charge in [-0.25, -0.2) is 0 Å². The summed E-state index contributed by atoms with van der Waals surface area (Å²) in [6, 6.07) is 23.5. The van der Waals surface area contributed by atoms with Crippen LogP contribution in [0.4, 0.5) is 5.69 Å². The highest BCUT2D eigenvalue weighted by Crippen LogP contribution is 2.38. The molecule has 1 aromatic heterocycles. The van der Waals surface area contributed by atoms with Gasteiger partial charge in [-0.1, -0.05) is 79.8 Å². The zero-order chi connectivity index (χ0) is 18.2. The number of benzene rings is 3. The first-order valence-corrected chi connectivity index (χ1v) is 9.42. The van der Waals surface area contributed by atoms with Gasteiger partial charge >= 0.3 is 0 Å². The molecule has 1 aliphatic rings. The van der Waals surface area contributed by atoms with Crippen molar-refractivity contribution in [2.75, 3.05) is 5.32 Å². The fourth-order valence-corrected chi connectivity index (χ4v) is 3.81. The molecule has 2 nitrogen and oxygen atoms in total. The van der Waals surface area contributed by atoms with Crippen molar-refractivity contribution < 1.29 is 4.42 Å². The summed E-state index contributed by atoms with van der Waals surface area (Å²) in [5.74, 6) is 0.426. The van der Waals surface area contributed by atoms with E-state index in [1.54, 1.807) is 0 Å². The molecule has 2 unspecified atom stereocenters. The zero-order valence-electron chi connectivity index (χ0n) is 15.2. The third-order valence-corrected chi connectivity index (χ3v) is 5.32. The van der Waals surface area contributed by atoms with Gasteiger partial charge in [-0.15, -0.1) is 0 Å². The predicted octanol–water partition coefficient (Wildman–Crippen LogP) is 6.80. The molecule has 2 heteroatoms. The van der Waals surface area contributed by atoms with E-state index in [0.717, 1.165) is 27.6 Å². The molecule has 0 saturated carbocycles. The molecule has 4 aromatic rings. The number of hydrogen-bond acceptors (Lipinski definition) is 2. The number of rotatable bonds is 3. The second-order valence-corrected chi connectivity index (χ2v) is 7.16. The average molecular weight is 351 g/mol. The SMILES string of the molecule is CC1C=CC=CC1Nc1cc(-c2ccccc2)cc2c1oc1ccccc12. The van der Waals surface area contributed by atoms with Gasteiger partial charge in [-0.05, 0) is 35.2 Å². The van der Waals surface area contributed by atoms with E-state index in [0.29, 0.717) is 5.92 Å². The lowest BCUT2D eigenvalue weighted by Gasteiger charge is -2.23. The molecule has 3 aromatic carbocycles. The summed E-state index contributed by atoms with van der Waals surface area (Å²) in [5, 5.41) is 6.02. The lowest BCUT2D eigenvalue weighted by Crippen LogP contribution is -2.25. The number of nitrogens with one attached hydrogen (secondary N) is 1. The second-order valence-electron chi connectivity index (χ2n) is 7.16. The molecule has 1 N–H and O–H groups in total. The Balaban J connectivity index is 1.72. The molecule has 0 bridgehead atoms. The number of allylic oxidation sites excluding steroid dienone is 2. The maximum atomic E-state index is 6.25. The van der Waals surface area contributed by atoms with Crippen LogP contribution in [-0.2, 0) is 0 Å². The third-order valence-electron chi connectivity index (χ3n) is 5.32. The molecule has 0 spiro atoms. The summed E-state index contributed by atoms with van der Waals surface area (Å²) in [6.07, 6.45) is 8.66. The normalized spacial score (nSPS) is 19.0. The quantitative estimate of drug-likeness (QED) is 0.439. The third kappa shape index (κ3) is 2.83. The van der Waals surface area contributed by atoms with Gasteiger partial charge in [0.15, 0.2) is 5.58 Å². The predicted molar refractivity (Wildman–Crippen MR) is 114 cm³/mol. The molecule has 0 saturated heterocycles. The summed E-state index contributed by atoms with van der Waals surface area (Å²) >= 11 is 0. The number of furan rings is 1. The highest BCUT2D eigenvalue weighted by atomic mass is 16.3. The number of fused-ring (bicyclic) bond motifs is 3. The zero-order valence-corrected chi connectivity index (χ0v) is 15.2. The molecule has 132 valence electrons. The molecular formula is C25H21NO. The van der Waals surface area contributed by atoms with E-state index in [9.17, 15) is 0 Å². The van der Waals surface area contributed by atoms with Crippen LogP contribution in [0.5, 0.6) is 0 Å². The van der Waals surface area contributed by atoms with E-state index in [1.165, 1.54) is 11.1 Å². The van der Waals surface area contributed by atoms with Crippen molar-refractivity contribution in [3.63, 3.8) is 0 Å². The summed E-state index contributed by atoms with van der Waals surface area (Å²) < 4.78 is 6.25. The van der Waals surface area contributed by atoms with Gasteiger partial charge in [0.2, 0.25) is 0 Å². The highest BCUT2D eigenvalue weighted by molar-refractivity contribution is 6.10. The Kier molecular flexibility index (Phi) is 3.83. The molecule has 0 radical (unpaired) electrons. The van der Waals surface area contributed by atoms with Crippen LogP contribution in [0.2, 0.25) is 0 Å². The molecule has 5 rings (SSSR count). The first-order chi connectivity index (χ1) is 13.3. The first-order valence-electron chi connectivity index (χ1n) is 9.42. The van der Waals surface area contributed by atoms with Crippen molar-refractivity contribution in [1.82, 2.24) is 0 Å². The van der Waals surface area contributed by atoms with Crippen molar-refractivity contribution in [1.29, 1.82) is 0 Å². The van der Waals surface area contributed by atoms with Gasteiger partial charge in [0.1, 0.15) is 5.58 Å². The molecule has 1 heterocycles. The van der Waals surface area contributed by atoms with Crippen molar-refractivity contribution in [2.45, 2.75) is 13.0 Å². The van der Waals surface area contributed by atoms with Crippen molar-refractivity contribution in [3.8, 4) is 11.1 Å². The minimum Gasteiger partial charge on any atom is -0.454 e. The van der Waals surface area contributed by atoms with Gasteiger partial charge in [0.25, 0.3) is 0 Å². The summed E-state index contributed by atoms with van der Waals surface area (Å²) in [5.41, 5.74) is 5.29. The van der Waals surface area contributed by atoms with E-state index in [-0.39, 0.29) is 6.04 Å². The highest BCUT2D eigenvalue weighted by Gasteiger charge is 2.18. The molecule has 0 amide bonds. The fourth-order valence-electron chi connectivity index (χ4n) is 3.81. The molecule has 1 aliphatic carbocycles. The van der Waals surface area contributed by atoms with Crippen LogP contribution in [0, 0.1) is 5.92 Å². The van der Waals surface area contributed by atoms with Crippen molar-refractivity contribution in [2.24, 2.45) is 5.92 Å². The van der Waals surface area contributed by atoms with Gasteiger partial charge in [-0.3, -0.25) is 0 Å². The van der Waals surface area contributed by atoms with Crippen LogP contribution < -0.4 is 5.32 Å². The standard InChI is InChI=1S/C25H21NO/c1-17-9-5-7-13-22(17)26-23-16-19(18-10-3-2-4-11-18)15-21-20-12-6-8-14-24(20)27-25(21)23/h2-17,22,26H,1H3. The van der Waals surface area contributed by atoms with Gasteiger partial charge < -0.3 is 9.73 Å². The van der Waals surface area contributed by atoms with Crippen LogP contribution in [0.25, 0.3) is 33.1 Å². The fraction of sp³-hybridized carbons (Fsp3) is 0.120. The van der Waals surface area contributed by atoms with Crippen molar-refractivity contribution in [3.05, 3.63) is 91.0 Å². The Bertz CT molecular complexity index is 1170. The Morgan fingerprint density at radius 3 is 2.41 bits per heavy atom. The van der Waals surface area contributed by atoms with Crippen LogP contribution in [0.1, 0.15) is 6.92 Å². The molecule has 0 fully saturated rings. The molecular weight excluding hydrogens is 330 g/mol. The Labute approximate surface area is 158 Å². The first kappa shape index (κ1) is 16.0. The van der Waals surface area contributed by atoms with Crippen LogP contribution in [0.3, 0.4) is 0 Å². The molecule has 27 heavy (non-hydrogen) atoms. The molecule has 0 aliphatic heterocycles. The van der Waals surface area contributed by atoms with E-state index < -0.39 is 0 Å². The Morgan fingerprint density at radius 1 is 0.778 bits per heavy atom. The summed E-state index contributed by atoms with van der Waals surface area (Å²) in [6.45, 7) is 2.23. The van der Waals surface area contributed by atoms with Gasteiger partial charge in [-0.2, -0.15) is 0 Å². The van der Waals surface area contributed by atoms with E-state index in [4.69, 9.17) is 4.42 Å². The number of hydrogen-bond donors (Lipinski definition) is 1. The van der Waals surface area contributed by atoms with Crippen LogP contribution >= 0.6 is 0 Å². The average Bonchev–Trinajstić information content (AvgIpc) is 3.09. The maximum Gasteiger partial charge on any atom is 0.158 e. The number of para-hydroxylation sites is 1. The summed E-state index contributed by atoms with van der Waals surface area (Å²) in [7, 11) is 0. The topological polar surface area (TPSA) is 25.2 Å². The summed E-state index contributed by atoms with van der Waals surface area (Å²) in [4.78, 5) is 0. The smallest absolute Gasteiger partial charge is 0.158 e. The van der Waals surface area contributed by atoms with E-state index >= 15 is 0 Å². The minimum absolute atomic E-state index is 0.248. The Hall–Kier alpha value is -3.26. The minimum atomic E-state index is 0.248. The monoisotopic (exact) mass is 351 g/mol. The second kappa shape index (κ2) is 6.48. The largest absolute Gasteiger partial charge is 0.454 e. The van der Waals surface area contributed by atoms with Crippen LogP contribution in [0.15, 0.2) is 95.5 Å². The van der Waals surface area contributed by atoms with E-state index in [1.807, 2.05) is 12.1 Å². The van der Waals surface area contributed by atoms with Gasteiger partial charge in [0, 0.05) is 10.8 Å². The van der Waals surface area contributed by atoms with Crippen molar-refractivity contribution >= 4 is 27.6 Å². The van der Waals surface area contributed by atoms with E-state index in [2.05, 4.69) is 91.1 Å². The number of anilines is 1. The Morgan fingerprint density at radius 2 is 1.56 bits per heavy atom. The lowest BCUT2D eigenvalue weighted by molar-refractivity contribution is 0.649. The van der Waals surface area contributed by atoms with Crippen LogP contribution in [-0.4, -0.2) is 6.04 Å².